The van der Waals surface area contributed by atoms with Gasteiger partial charge in [0.15, 0.2) is 0 Å². The molecule has 0 aromatic rings. The van der Waals surface area contributed by atoms with E-state index in [2.05, 4.69) is 4.28 Å². The summed E-state index contributed by atoms with van der Waals surface area (Å²) in [6.07, 6.45) is 2.64. The molecule has 1 aliphatic rings. The Morgan fingerprint density at radius 1 is 1.38 bits per heavy atom. The number of halogens is 3. The molecule has 0 radical (unpaired) electrons. The van der Waals surface area contributed by atoms with Crippen molar-refractivity contribution in [1.29, 1.82) is 0 Å². The third kappa shape index (κ3) is 2.71. The van der Waals surface area contributed by atoms with E-state index in [9.17, 15) is 21.6 Å². The molecule has 0 unspecified atom stereocenters. The quantitative estimate of drug-likeness (QED) is 0.674. The molecule has 0 N–H and O–H groups in total. The van der Waals surface area contributed by atoms with E-state index in [1.807, 2.05) is 0 Å². The van der Waals surface area contributed by atoms with Crippen LogP contribution in [-0.2, 0) is 14.4 Å². The Balaban J connectivity index is 2.74. The molecule has 0 atom stereocenters. The Morgan fingerprint density at radius 2 is 2.00 bits per heavy atom. The first-order valence-corrected chi connectivity index (χ1v) is 7.75. The molecule has 0 spiro atoms. The Hall–Kier alpha value is -0.0199. The number of alkyl halides is 3. The molecule has 0 fully saturated rings. The van der Waals surface area contributed by atoms with Crippen molar-refractivity contribution in [1.82, 2.24) is 3.05 Å². The van der Waals surface area contributed by atoms with Crippen LogP contribution in [0.15, 0.2) is 12.3 Å². The summed E-state index contributed by atoms with van der Waals surface area (Å²) < 4.78 is 62.2. The van der Waals surface area contributed by atoms with Crippen molar-refractivity contribution in [2.45, 2.75) is 5.51 Å². The molecule has 1 rings (SSSR count). The van der Waals surface area contributed by atoms with Crippen LogP contribution < -0.4 is 0 Å². The van der Waals surface area contributed by atoms with E-state index in [4.69, 9.17) is 0 Å². The fraction of sp³-hybridized carbons (Fsp3) is 0.250. The molecule has 0 aromatic heterocycles. The predicted molar refractivity (Wildman–Crippen MR) is 38.9 cm³/mol. The minimum absolute atomic E-state index is 0.762. The van der Waals surface area contributed by atoms with Crippen molar-refractivity contribution in [3.63, 3.8) is 0 Å². The van der Waals surface area contributed by atoms with E-state index >= 15 is 0 Å². The van der Waals surface area contributed by atoms with Gasteiger partial charge in [-0.1, -0.05) is 0 Å². The van der Waals surface area contributed by atoms with Gasteiger partial charge in [-0.05, 0) is 0 Å². The Bertz CT molecular complexity index is 334. The van der Waals surface area contributed by atoms with Gasteiger partial charge in [-0.15, -0.1) is 0 Å². The number of rotatable bonds is 2. The Kier molecular flexibility index (Phi) is 3.08. The second-order valence-electron chi connectivity index (χ2n) is 2.02. The van der Waals surface area contributed by atoms with Crippen LogP contribution in [0.5, 0.6) is 0 Å². The van der Waals surface area contributed by atoms with Crippen molar-refractivity contribution in [2.75, 3.05) is 0 Å². The standard InChI is InChI=1S/C4H3F3NO3S.In/c1-2-3-8-11-12(9,10)4(5,6)7;/h1-3H;/q-1;+1. The zero-order valence-corrected chi connectivity index (χ0v) is 10.1. The molecule has 0 aliphatic carbocycles. The average Bonchev–Trinajstić information content (AvgIpc) is 2.35. The maximum atomic E-state index is 11.7. The molecule has 72 valence electrons. The summed E-state index contributed by atoms with van der Waals surface area (Å²) in [6.45, 7) is 0. The molecule has 0 saturated heterocycles. The maximum absolute atomic E-state index is 11.7. The molecule has 9 heteroatoms. The molecule has 1 aliphatic heterocycles. The van der Waals surface area contributed by atoms with Gasteiger partial charge in [0.1, 0.15) is 0 Å². The molecule has 4 nitrogen and oxygen atoms in total. The first kappa shape index (κ1) is 11.1. The van der Waals surface area contributed by atoms with Gasteiger partial charge in [0.25, 0.3) is 0 Å². The average molecular weight is 317 g/mol. The van der Waals surface area contributed by atoms with Crippen LogP contribution in [0.3, 0.4) is 0 Å². The summed E-state index contributed by atoms with van der Waals surface area (Å²) >= 11 is -1.61. The number of allylic oxidation sites excluding steroid dienone is 1. The SMILES string of the molecule is O=S(=O)(O[N]1C=C[CH]=[In]1)C(F)(F)F. The van der Waals surface area contributed by atoms with Crippen LogP contribution in [0, 0.1) is 0 Å². The van der Waals surface area contributed by atoms with Crippen LogP contribution in [0.4, 0.5) is 13.2 Å². The summed E-state index contributed by atoms with van der Waals surface area (Å²) in [5.41, 5.74) is -5.36. The molecular weight excluding hydrogens is 314 g/mol. The Morgan fingerprint density at radius 3 is 2.38 bits per heavy atom. The van der Waals surface area contributed by atoms with E-state index in [0.717, 1.165) is 3.05 Å². The van der Waals surface area contributed by atoms with Crippen molar-refractivity contribution in [3.8, 4) is 0 Å². The molecular formula is C4H3F3InNO3S. The van der Waals surface area contributed by atoms with Crippen LogP contribution in [0.25, 0.3) is 0 Å². The second-order valence-corrected chi connectivity index (χ2v) is 6.94. The van der Waals surface area contributed by atoms with Crippen molar-refractivity contribution in [2.24, 2.45) is 0 Å². The molecule has 0 amide bonds. The predicted octanol–water partition coefficient (Wildman–Crippen LogP) is 0.0183. The fourth-order valence-electron chi connectivity index (χ4n) is 0.524. The van der Waals surface area contributed by atoms with E-state index in [0.29, 0.717) is 0 Å². The van der Waals surface area contributed by atoms with Gasteiger partial charge in [-0.25, -0.2) is 0 Å². The van der Waals surface area contributed by atoms with Gasteiger partial charge < -0.3 is 0 Å². The summed E-state index contributed by atoms with van der Waals surface area (Å²) in [4.78, 5) is 0. The molecule has 1 heterocycles. The first-order chi connectivity index (χ1) is 5.83. The molecule has 0 saturated carbocycles. The van der Waals surface area contributed by atoms with Crippen LogP contribution in [0.2, 0.25) is 0 Å². The van der Waals surface area contributed by atoms with Gasteiger partial charge in [0, 0.05) is 0 Å². The van der Waals surface area contributed by atoms with Crippen LogP contribution in [0.1, 0.15) is 0 Å². The number of nitrogens with zero attached hydrogens (tertiary/aromatic N) is 1. The summed E-state index contributed by atoms with van der Waals surface area (Å²) in [7, 11) is -5.48. The molecule has 0 bridgehead atoms. The Labute approximate surface area is 83.3 Å². The summed E-state index contributed by atoms with van der Waals surface area (Å²) in [6, 6.07) is 0. The van der Waals surface area contributed by atoms with E-state index < -0.39 is 38.3 Å². The monoisotopic (exact) mass is 317 g/mol. The molecule has 0 aromatic carbocycles. The van der Waals surface area contributed by atoms with Crippen molar-refractivity contribution < 1.29 is 25.9 Å². The van der Waals surface area contributed by atoms with Gasteiger partial charge in [0.2, 0.25) is 0 Å². The van der Waals surface area contributed by atoms with Gasteiger partial charge in [-0.3, -0.25) is 0 Å². The van der Waals surface area contributed by atoms with Crippen molar-refractivity contribution in [3.05, 3.63) is 12.3 Å². The van der Waals surface area contributed by atoms with Gasteiger partial charge in [0.05, 0.1) is 0 Å². The number of hydrogen-bond donors (Lipinski definition) is 0. The zero-order valence-electron chi connectivity index (χ0n) is 6.02. The minimum atomic E-state index is -5.48. The molecule has 13 heavy (non-hydrogen) atoms. The zero-order chi connectivity index (χ0) is 10.1. The first-order valence-electron chi connectivity index (χ1n) is 2.97. The van der Waals surface area contributed by atoms with Crippen LogP contribution in [-0.4, -0.2) is 43.4 Å². The number of hydroxylamine groups is 1. The topological polar surface area (TPSA) is 46.6 Å². The van der Waals surface area contributed by atoms with Crippen LogP contribution >= 0.6 is 0 Å². The van der Waals surface area contributed by atoms with Gasteiger partial charge >= 0.3 is 83.3 Å². The third-order valence-corrected chi connectivity index (χ3v) is 5.17. The second kappa shape index (κ2) is 3.62. The van der Waals surface area contributed by atoms with E-state index in [1.54, 1.807) is 3.76 Å². The summed E-state index contributed by atoms with van der Waals surface area (Å²) in [5, 5.41) is 0. The third-order valence-electron chi connectivity index (χ3n) is 1.04. The summed E-state index contributed by atoms with van der Waals surface area (Å²) in [5.74, 6) is 0. The van der Waals surface area contributed by atoms with Gasteiger partial charge in [-0.2, -0.15) is 0 Å². The van der Waals surface area contributed by atoms with E-state index in [1.165, 1.54) is 12.3 Å². The van der Waals surface area contributed by atoms with Crippen molar-refractivity contribution >= 4 is 36.6 Å². The van der Waals surface area contributed by atoms with E-state index in [-0.39, 0.29) is 0 Å². The normalized spacial score (nSPS) is 16.4. The fourth-order valence-corrected chi connectivity index (χ4v) is 3.95. The number of hydrogen-bond acceptors (Lipinski definition) is 4.